The van der Waals surface area contributed by atoms with E-state index in [0.29, 0.717) is 19.0 Å². The summed E-state index contributed by atoms with van der Waals surface area (Å²) in [7, 11) is 4.81. The summed E-state index contributed by atoms with van der Waals surface area (Å²) in [4.78, 5) is 30.6. The lowest BCUT2D eigenvalue weighted by atomic mass is 10.4. The predicted octanol–water partition coefficient (Wildman–Crippen LogP) is -0.710. The molecule has 2 amide bonds. The Kier molecular flexibility index (Phi) is 5.43. The Bertz CT molecular complexity index is 443. The Labute approximate surface area is 111 Å². The number of hydrogen-bond acceptors (Lipinski definition) is 5. The molecule has 1 aromatic heterocycles. The number of rotatable bonds is 6. The topological polar surface area (TPSA) is 91.4 Å². The van der Waals surface area contributed by atoms with E-state index in [0.717, 1.165) is 0 Å². The number of ether oxygens (including phenoxy) is 1. The summed E-state index contributed by atoms with van der Waals surface area (Å²) >= 11 is 0. The highest BCUT2D eigenvalue weighted by Crippen LogP contribution is 2.00. The van der Waals surface area contributed by atoms with Crippen LogP contribution in [0.5, 0.6) is 0 Å². The summed E-state index contributed by atoms with van der Waals surface area (Å²) in [6, 6.07) is 0. The third-order valence-corrected chi connectivity index (χ3v) is 2.47. The molecule has 0 saturated carbocycles. The number of nitrogens with one attached hydrogen (secondary N) is 1. The number of nitrogens with zero attached hydrogens (tertiary/aromatic N) is 4. The second-order valence-corrected chi connectivity index (χ2v) is 4.25. The highest BCUT2D eigenvalue weighted by molar-refractivity contribution is 5.93. The van der Waals surface area contributed by atoms with Crippen molar-refractivity contribution < 1.29 is 14.3 Å². The standard InChI is InChI=1S/C11H19N5O3/c1-8-12-10(14-13-8)11(18)16(5-6-19-4)7-9(17)15(2)3/h5-7H2,1-4H3,(H,12,13,14). The molecule has 19 heavy (non-hydrogen) atoms. The van der Waals surface area contributed by atoms with Crippen molar-refractivity contribution in [1.29, 1.82) is 0 Å². The molecule has 0 aliphatic heterocycles. The van der Waals surface area contributed by atoms with Crippen LogP contribution in [0.2, 0.25) is 0 Å². The van der Waals surface area contributed by atoms with Gasteiger partial charge in [0.15, 0.2) is 0 Å². The van der Waals surface area contributed by atoms with Gasteiger partial charge >= 0.3 is 0 Å². The first kappa shape index (κ1) is 15.1. The van der Waals surface area contributed by atoms with Crippen LogP contribution in [0.1, 0.15) is 16.4 Å². The lowest BCUT2D eigenvalue weighted by molar-refractivity contribution is -0.129. The Balaban J connectivity index is 2.78. The summed E-state index contributed by atoms with van der Waals surface area (Å²) < 4.78 is 4.94. The second kappa shape index (κ2) is 6.83. The Hall–Kier alpha value is -1.96. The van der Waals surface area contributed by atoms with E-state index >= 15 is 0 Å². The van der Waals surface area contributed by atoms with Gasteiger partial charge in [-0.2, -0.15) is 0 Å². The average Bonchev–Trinajstić information content (AvgIpc) is 2.79. The third-order valence-electron chi connectivity index (χ3n) is 2.47. The van der Waals surface area contributed by atoms with E-state index in [4.69, 9.17) is 4.74 Å². The molecule has 1 rings (SSSR count). The first-order chi connectivity index (χ1) is 8.95. The molecule has 0 unspecified atom stereocenters. The van der Waals surface area contributed by atoms with Crippen LogP contribution in [0.15, 0.2) is 0 Å². The van der Waals surface area contributed by atoms with Gasteiger partial charge < -0.3 is 14.5 Å². The monoisotopic (exact) mass is 269 g/mol. The summed E-state index contributed by atoms with van der Waals surface area (Å²) in [5, 5.41) is 6.41. The molecule has 0 fully saturated rings. The summed E-state index contributed by atoms with van der Waals surface area (Å²) in [6.07, 6.45) is 0. The first-order valence-electron chi connectivity index (χ1n) is 5.83. The number of aryl methyl sites for hydroxylation is 1. The van der Waals surface area contributed by atoms with Gasteiger partial charge in [0.1, 0.15) is 12.4 Å². The van der Waals surface area contributed by atoms with Crippen LogP contribution in [0.4, 0.5) is 0 Å². The first-order valence-corrected chi connectivity index (χ1v) is 5.83. The van der Waals surface area contributed by atoms with Gasteiger partial charge in [0.2, 0.25) is 11.7 Å². The van der Waals surface area contributed by atoms with E-state index in [1.807, 2.05) is 0 Å². The molecule has 0 radical (unpaired) electrons. The van der Waals surface area contributed by atoms with Crippen molar-refractivity contribution in [2.75, 3.05) is 40.9 Å². The highest BCUT2D eigenvalue weighted by Gasteiger charge is 2.22. The van der Waals surface area contributed by atoms with Crippen LogP contribution in [-0.2, 0) is 9.53 Å². The number of carbonyl (C=O) groups excluding carboxylic acids is 2. The van der Waals surface area contributed by atoms with Crippen LogP contribution in [0.25, 0.3) is 0 Å². The van der Waals surface area contributed by atoms with Crippen molar-refractivity contribution in [3.8, 4) is 0 Å². The number of aromatic amines is 1. The average molecular weight is 269 g/mol. The maximum Gasteiger partial charge on any atom is 0.294 e. The molecule has 1 heterocycles. The number of methoxy groups -OCH3 is 1. The second-order valence-electron chi connectivity index (χ2n) is 4.25. The molecule has 0 atom stereocenters. The Morgan fingerprint density at radius 1 is 1.37 bits per heavy atom. The molecule has 106 valence electrons. The third kappa shape index (κ3) is 4.32. The van der Waals surface area contributed by atoms with Crippen LogP contribution >= 0.6 is 0 Å². The fraction of sp³-hybridized carbons (Fsp3) is 0.636. The summed E-state index contributed by atoms with van der Waals surface area (Å²) in [6.45, 7) is 2.33. The minimum Gasteiger partial charge on any atom is -0.383 e. The molecule has 8 heteroatoms. The number of aromatic nitrogens is 3. The van der Waals surface area contributed by atoms with Crippen molar-refractivity contribution >= 4 is 11.8 Å². The van der Waals surface area contributed by atoms with Gasteiger partial charge in [0.05, 0.1) is 6.61 Å². The molecule has 0 aromatic carbocycles. The van der Waals surface area contributed by atoms with Crippen molar-refractivity contribution in [2.24, 2.45) is 0 Å². The minimum absolute atomic E-state index is 0.0250. The molecular formula is C11H19N5O3. The van der Waals surface area contributed by atoms with Crippen LogP contribution < -0.4 is 0 Å². The van der Waals surface area contributed by atoms with E-state index in [1.54, 1.807) is 21.0 Å². The molecule has 1 aromatic rings. The fourth-order valence-corrected chi connectivity index (χ4v) is 1.34. The van der Waals surface area contributed by atoms with Gasteiger partial charge in [-0.1, -0.05) is 0 Å². The van der Waals surface area contributed by atoms with Gasteiger partial charge in [-0.25, -0.2) is 4.98 Å². The van der Waals surface area contributed by atoms with E-state index < -0.39 is 5.91 Å². The zero-order valence-corrected chi connectivity index (χ0v) is 11.6. The van der Waals surface area contributed by atoms with Gasteiger partial charge in [-0.15, -0.1) is 5.10 Å². The largest absolute Gasteiger partial charge is 0.383 e. The smallest absolute Gasteiger partial charge is 0.294 e. The molecule has 0 saturated heterocycles. The Morgan fingerprint density at radius 2 is 2.05 bits per heavy atom. The number of amides is 2. The van der Waals surface area contributed by atoms with E-state index in [2.05, 4.69) is 15.2 Å². The summed E-state index contributed by atoms with van der Waals surface area (Å²) in [5.41, 5.74) is 0. The molecule has 0 aliphatic rings. The minimum atomic E-state index is -0.392. The van der Waals surface area contributed by atoms with Crippen molar-refractivity contribution in [3.05, 3.63) is 11.6 Å². The zero-order chi connectivity index (χ0) is 14.4. The van der Waals surface area contributed by atoms with E-state index in [1.165, 1.54) is 16.9 Å². The van der Waals surface area contributed by atoms with Crippen LogP contribution in [0.3, 0.4) is 0 Å². The SMILES string of the molecule is COCCN(CC(=O)N(C)C)C(=O)c1n[nH]c(C)n1. The zero-order valence-electron chi connectivity index (χ0n) is 11.6. The normalized spacial score (nSPS) is 10.3. The van der Waals surface area contributed by atoms with E-state index in [-0.39, 0.29) is 18.3 Å². The van der Waals surface area contributed by atoms with Crippen LogP contribution in [-0.4, -0.2) is 77.7 Å². The summed E-state index contributed by atoms with van der Waals surface area (Å²) in [5.74, 6) is 0.0439. The van der Waals surface area contributed by atoms with Gasteiger partial charge in [-0.3, -0.25) is 14.7 Å². The van der Waals surface area contributed by atoms with Crippen molar-refractivity contribution in [2.45, 2.75) is 6.92 Å². The molecule has 0 aliphatic carbocycles. The number of hydrogen-bond donors (Lipinski definition) is 1. The lowest BCUT2D eigenvalue weighted by Crippen LogP contribution is -2.42. The predicted molar refractivity (Wildman–Crippen MR) is 67.6 cm³/mol. The molecule has 1 N–H and O–H groups in total. The van der Waals surface area contributed by atoms with Gasteiger partial charge in [0, 0.05) is 27.7 Å². The van der Waals surface area contributed by atoms with Crippen LogP contribution in [0, 0.1) is 6.92 Å². The lowest BCUT2D eigenvalue weighted by Gasteiger charge is -2.22. The van der Waals surface area contributed by atoms with Gasteiger partial charge in [0.25, 0.3) is 5.91 Å². The fourth-order valence-electron chi connectivity index (χ4n) is 1.34. The quantitative estimate of drug-likeness (QED) is 0.736. The highest BCUT2D eigenvalue weighted by atomic mass is 16.5. The van der Waals surface area contributed by atoms with Crippen molar-refractivity contribution in [1.82, 2.24) is 25.0 Å². The molecular weight excluding hydrogens is 250 g/mol. The molecule has 0 spiro atoms. The molecule has 8 nitrogen and oxygen atoms in total. The molecule has 0 bridgehead atoms. The maximum atomic E-state index is 12.2. The van der Waals surface area contributed by atoms with Gasteiger partial charge in [-0.05, 0) is 6.92 Å². The number of H-pyrrole nitrogens is 1. The number of likely N-dealkylation sites (N-methyl/N-ethyl adjacent to an activating group) is 1. The maximum absolute atomic E-state index is 12.2. The van der Waals surface area contributed by atoms with E-state index in [9.17, 15) is 9.59 Å². The Morgan fingerprint density at radius 3 is 2.53 bits per heavy atom. The van der Waals surface area contributed by atoms with Crippen molar-refractivity contribution in [3.63, 3.8) is 0 Å². The number of carbonyl (C=O) groups is 2.